The van der Waals surface area contributed by atoms with Gasteiger partial charge in [0.25, 0.3) is 5.89 Å². The van der Waals surface area contributed by atoms with E-state index in [1.807, 2.05) is 60.4 Å². The molecule has 1 aliphatic heterocycles. The highest BCUT2D eigenvalue weighted by atomic mass is 16.4. The van der Waals surface area contributed by atoms with E-state index in [4.69, 9.17) is 4.42 Å². The second-order valence-electron chi connectivity index (χ2n) is 8.17. The number of hydrogen-bond acceptors (Lipinski definition) is 5. The summed E-state index contributed by atoms with van der Waals surface area (Å²) in [7, 11) is 0. The summed E-state index contributed by atoms with van der Waals surface area (Å²) in [6.45, 7) is 3.42. The molecule has 6 nitrogen and oxygen atoms in total. The molecule has 0 spiro atoms. The predicted molar refractivity (Wildman–Crippen MR) is 118 cm³/mol. The van der Waals surface area contributed by atoms with Crippen molar-refractivity contribution in [2.75, 3.05) is 13.1 Å². The van der Waals surface area contributed by atoms with E-state index < -0.39 is 0 Å². The van der Waals surface area contributed by atoms with Crippen LogP contribution < -0.4 is 0 Å². The van der Waals surface area contributed by atoms with Crippen molar-refractivity contribution in [2.24, 2.45) is 0 Å². The Balaban J connectivity index is 1.33. The molecule has 0 radical (unpaired) electrons. The summed E-state index contributed by atoms with van der Waals surface area (Å²) in [6.07, 6.45) is 4.03. The molecular weight excluding hydrogens is 388 g/mol. The molecule has 0 aliphatic carbocycles. The van der Waals surface area contributed by atoms with Gasteiger partial charge in [-0.15, -0.1) is 10.2 Å². The van der Waals surface area contributed by atoms with Gasteiger partial charge in [0.05, 0.1) is 12.3 Å². The largest absolute Gasteiger partial charge is 0.419 e. The minimum Gasteiger partial charge on any atom is -0.419 e. The molecule has 0 saturated carbocycles. The Bertz CT molecular complexity index is 1230. The predicted octanol–water partition coefficient (Wildman–Crippen LogP) is 4.54. The third-order valence-corrected chi connectivity index (χ3v) is 5.88. The van der Waals surface area contributed by atoms with E-state index in [9.17, 15) is 4.79 Å². The van der Waals surface area contributed by atoms with Crippen molar-refractivity contribution >= 4 is 16.7 Å². The number of amides is 1. The molecule has 156 valence electrons. The minimum absolute atomic E-state index is 0.0476. The highest BCUT2D eigenvalue weighted by Crippen LogP contribution is 2.30. The highest BCUT2D eigenvalue weighted by molar-refractivity contribution is 5.92. The summed E-state index contributed by atoms with van der Waals surface area (Å²) < 4.78 is 6.06. The number of likely N-dealkylation sites (tertiary alicyclic amines) is 1. The number of pyridine rings is 1. The van der Waals surface area contributed by atoms with Gasteiger partial charge in [0, 0.05) is 24.7 Å². The summed E-state index contributed by atoms with van der Waals surface area (Å²) in [5.74, 6) is 1.20. The van der Waals surface area contributed by atoms with Crippen LogP contribution in [0, 0.1) is 6.92 Å². The van der Waals surface area contributed by atoms with E-state index in [1.165, 1.54) is 5.56 Å². The van der Waals surface area contributed by atoms with Crippen LogP contribution in [0.4, 0.5) is 0 Å². The van der Waals surface area contributed by atoms with Crippen molar-refractivity contribution in [1.29, 1.82) is 0 Å². The van der Waals surface area contributed by atoms with Crippen LogP contribution in [0.15, 0.2) is 65.2 Å². The quantitative estimate of drug-likeness (QED) is 0.492. The second-order valence-corrected chi connectivity index (χ2v) is 8.17. The summed E-state index contributed by atoms with van der Waals surface area (Å²) in [5, 5.41) is 10.7. The van der Waals surface area contributed by atoms with Crippen molar-refractivity contribution < 1.29 is 9.21 Å². The molecule has 2 aromatic carbocycles. The SMILES string of the molecule is Cc1cccc(CC(=O)N2CCC[C@H](c3nnc(-c4nccc5ccccc45)o3)C2)c1. The zero-order valence-electron chi connectivity index (χ0n) is 17.5. The highest BCUT2D eigenvalue weighted by Gasteiger charge is 2.29. The van der Waals surface area contributed by atoms with Gasteiger partial charge < -0.3 is 9.32 Å². The van der Waals surface area contributed by atoms with Crippen LogP contribution in [0.2, 0.25) is 0 Å². The van der Waals surface area contributed by atoms with E-state index in [0.717, 1.165) is 35.7 Å². The molecule has 31 heavy (non-hydrogen) atoms. The van der Waals surface area contributed by atoms with E-state index in [1.54, 1.807) is 6.20 Å². The fourth-order valence-electron chi connectivity index (χ4n) is 4.30. The maximum absolute atomic E-state index is 12.9. The Morgan fingerprint density at radius 3 is 2.94 bits per heavy atom. The van der Waals surface area contributed by atoms with Crippen molar-refractivity contribution in [2.45, 2.75) is 32.1 Å². The number of carbonyl (C=O) groups is 1. The van der Waals surface area contributed by atoms with Crippen molar-refractivity contribution in [1.82, 2.24) is 20.1 Å². The molecule has 5 rings (SSSR count). The zero-order valence-corrected chi connectivity index (χ0v) is 17.5. The second kappa shape index (κ2) is 8.30. The zero-order chi connectivity index (χ0) is 21.2. The molecule has 4 aromatic rings. The lowest BCUT2D eigenvalue weighted by molar-refractivity contribution is -0.131. The Kier molecular flexibility index (Phi) is 5.20. The number of aromatic nitrogens is 3. The summed E-state index contributed by atoms with van der Waals surface area (Å²) in [6, 6.07) is 18.1. The van der Waals surface area contributed by atoms with Gasteiger partial charge in [-0.05, 0) is 36.8 Å². The topological polar surface area (TPSA) is 72.1 Å². The molecule has 2 aromatic heterocycles. The average molecular weight is 412 g/mol. The Labute approximate surface area is 180 Å². The first-order valence-corrected chi connectivity index (χ1v) is 10.7. The van der Waals surface area contributed by atoms with Crippen LogP contribution in [0.5, 0.6) is 0 Å². The van der Waals surface area contributed by atoms with Gasteiger partial charge in [-0.3, -0.25) is 9.78 Å². The standard InChI is InChI=1S/C25H24N4O2/c1-17-6-4-7-18(14-17)15-22(30)29-13-5-9-20(16-29)24-27-28-25(31-24)23-21-10-3-2-8-19(21)11-12-26-23/h2-4,6-8,10-12,14,20H,5,9,13,15-16H2,1H3/t20-/m0/s1. The lowest BCUT2D eigenvalue weighted by Crippen LogP contribution is -2.40. The summed E-state index contributed by atoms with van der Waals surface area (Å²) in [4.78, 5) is 19.3. The lowest BCUT2D eigenvalue weighted by Gasteiger charge is -2.31. The van der Waals surface area contributed by atoms with Crippen molar-refractivity contribution in [3.8, 4) is 11.6 Å². The molecule has 3 heterocycles. The molecule has 0 N–H and O–H groups in total. The first-order valence-electron chi connectivity index (χ1n) is 10.7. The van der Waals surface area contributed by atoms with Crippen LogP contribution in [0.1, 0.15) is 35.8 Å². The number of rotatable bonds is 4. The van der Waals surface area contributed by atoms with E-state index in [2.05, 4.69) is 21.2 Å². The van der Waals surface area contributed by atoms with E-state index >= 15 is 0 Å². The average Bonchev–Trinajstić information content (AvgIpc) is 3.29. The van der Waals surface area contributed by atoms with Gasteiger partial charge in [0.15, 0.2) is 0 Å². The van der Waals surface area contributed by atoms with Crippen molar-refractivity contribution in [3.63, 3.8) is 0 Å². The molecule has 1 aliphatic rings. The van der Waals surface area contributed by atoms with Gasteiger partial charge in [0.2, 0.25) is 11.8 Å². The normalized spacial score (nSPS) is 16.5. The third kappa shape index (κ3) is 4.06. The fraction of sp³-hybridized carbons (Fsp3) is 0.280. The molecule has 6 heteroatoms. The van der Waals surface area contributed by atoms with Gasteiger partial charge in [-0.1, -0.05) is 54.1 Å². The van der Waals surface area contributed by atoms with E-state index in [-0.39, 0.29) is 11.8 Å². The smallest absolute Gasteiger partial charge is 0.266 e. The maximum atomic E-state index is 12.9. The van der Waals surface area contributed by atoms with Crippen LogP contribution in [-0.4, -0.2) is 39.1 Å². The molecular formula is C25H24N4O2. The molecule has 0 unspecified atom stereocenters. The number of piperidine rings is 1. The molecule has 1 atom stereocenters. The Morgan fingerprint density at radius 1 is 1.13 bits per heavy atom. The number of aryl methyl sites for hydroxylation is 1. The van der Waals surface area contributed by atoms with Crippen LogP contribution in [0.25, 0.3) is 22.4 Å². The van der Waals surface area contributed by atoms with Gasteiger partial charge >= 0.3 is 0 Å². The van der Waals surface area contributed by atoms with Gasteiger partial charge in [0.1, 0.15) is 5.69 Å². The fourth-order valence-corrected chi connectivity index (χ4v) is 4.30. The minimum atomic E-state index is 0.0476. The van der Waals surface area contributed by atoms with Gasteiger partial charge in [-0.25, -0.2) is 0 Å². The van der Waals surface area contributed by atoms with Crippen LogP contribution >= 0.6 is 0 Å². The summed E-state index contributed by atoms with van der Waals surface area (Å²) in [5.41, 5.74) is 2.91. The van der Waals surface area contributed by atoms with Crippen LogP contribution in [0.3, 0.4) is 0 Å². The summed E-state index contributed by atoms with van der Waals surface area (Å²) >= 11 is 0. The number of benzene rings is 2. The van der Waals surface area contributed by atoms with Crippen LogP contribution in [-0.2, 0) is 11.2 Å². The van der Waals surface area contributed by atoms with Gasteiger partial charge in [-0.2, -0.15) is 0 Å². The number of fused-ring (bicyclic) bond motifs is 1. The number of hydrogen-bond donors (Lipinski definition) is 0. The lowest BCUT2D eigenvalue weighted by atomic mass is 9.97. The molecule has 1 amide bonds. The Hall–Kier alpha value is -3.54. The Morgan fingerprint density at radius 2 is 2.03 bits per heavy atom. The first kappa shape index (κ1) is 19.4. The van der Waals surface area contributed by atoms with Crippen molar-refractivity contribution in [3.05, 3.63) is 77.8 Å². The number of carbonyl (C=O) groups excluding carboxylic acids is 1. The first-order chi connectivity index (χ1) is 15.2. The third-order valence-electron chi connectivity index (χ3n) is 5.88. The van der Waals surface area contributed by atoms with E-state index in [0.29, 0.717) is 30.4 Å². The monoisotopic (exact) mass is 412 g/mol. The molecule has 1 saturated heterocycles. The maximum Gasteiger partial charge on any atom is 0.266 e. The molecule has 1 fully saturated rings. The number of nitrogens with zero attached hydrogens (tertiary/aromatic N) is 4. The molecule has 0 bridgehead atoms.